The minimum absolute atomic E-state index is 0.153. The summed E-state index contributed by atoms with van der Waals surface area (Å²) in [6.45, 7) is 0.227. The largest absolute Gasteiger partial charge is 0.482 e. The molecule has 1 aromatic rings. The Balaban J connectivity index is 2.24. The molecule has 0 spiro atoms. The maximum absolute atomic E-state index is 11.5. The van der Waals surface area contributed by atoms with Crippen LogP contribution in [0.3, 0.4) is 0 Å². The monoisotopic (exact) mass is 319 g/mol. The van der Waals surface area contributed by atoms with Crippen LogP contribution >= 0.6 is 23.2 Å². The topological polar surface area (TPSA) is 64.6 Å². The predicted molar refractivity (Wildman–Crippen MR) is 76.2 cm³/mol. The summed E-state index contributed by atoms with van der Waals surface area (Å²) in [7, 11) is 1.32. The molecule has 0 saturated carbocycles. The molecule has 0 unspecified atom stereocenters. The number of carbonyl (C=O) groups excluding carboxylic acids is 2. The lowest BCUT2D eigenvalue weighted by atomic mass is 10.3. The van der Waals surface area contributed by atoms with Gasteiger partial charge in [0.15, 0.2) is 6.61 Å². The van der Waals surface area contributed by atoms with Gasteiger partial charge in [-0.25, -0.2) is 0 Å². The van der Waals surface area contributed by atoms with Crippen LogP contribution in [0, 0.1) is 0 Å². The minimum atomic E-state index is -0.302. The van der Waals surface area contributed by atoms with Gasteiger partial charge in [-0.3, -0.25) is 9.59 Å². The average molecular weight is 320 g/mol. The quantitative estimate of drug-likeness (QED) is 0.619. The molecule has 1 aromatic carbocycles. The van der Waals surface area contributed by atoms with Gasteiger partial charge in [0.25, 0.3) is 5.91 Å². The van der Waals surface area contributed by atoms with Crippen molar-refractivity contribution in [1.82, 2.24) is 5.32 Å². The fourth-order valence-corrected chi connectivity index (χ4v) is 1.81. The zero-order valence-electron chi connectivity index (χ0n) is 10.9. The van der Waals surface area contributed by atoms with Crippen molar-refractivity contribution in [1.29, 1.82) is 0 Å². The highest BCUT2D eigenvalue weighted by atomic mass is 35.5. The van der Waals surface area contributed by atoms with Gasteiger partial charge in [-0.15, -0.1) is 0 Å². The Hall–Kier alpha value is -1.46. The fraction of sp³-hybridized carbons (Fsp3) is 0.385. The lowest BCUT2D eigenvalue weighted by Crippen LogP contribution is -2.30. The van der Waals surface area contributed by atoms with Crippen LogP contribution in [-0.4, -0.2) is 32.1 Å². The minimum Gasteiger partial charge on any atom is -0.482 e. The van der Waals surface area contributed by atoms with E-state index in [0.29, 0.717) is 28.8 Å². The number of benzene rings is 1. The molecule has 7 heteroatoms. The first-order valence-corrected chi connectivity index (χ1v) is 6.70. The van der Waals surface area contributed by atoms with Crippen molar-refractivity contribution in [2.45, 2.75) is 12.8 Å². The van der Waals surface area contributed by atoms with E-state index >= 15 is 0 Å². The number of hydrogen-bond acceptors (Lipinski definition) is 4. The molecular weight excluding hydrogens is 305 g/mol. The first-order chi connectivity index (χ1) is 9.52. The van der Waals surface area contributed by atoms with Gasteiger partial charge in [0, 0.05) is 18.0 Å². The van der Waals surface area contributed by atoms with Crippen molar-refractivity contribution in [3.8, 4) is 5.75 Å². The molecule has 0 radical (unpaired) electrons. The Bertz CT molecular complexity index is 479. The molecule has 0 fully saturated rings. The maximum Gasteiger partial charge on any atom is 0.305 e. The van der Waals surface area contributed by atoms with E-state index < -0.39 is 0 Å². The van der Waals surface area contributed by atoms with Gasteiger partial charge in [0.05, 0.1) is 12.1 Å². The number of hydrogen-bond donors (Lipinski definition) is 1. The molecule has 20 heavy (non-hydrogen) atoms. The van der Waals surface area contributed by atoms with Crippen LogP contribution in [0.5, 0.6) is 5.75 Å². The third kappa shape index (κ3) is 6.12. The number of amides is 1. The predicted octanol–water partition coefficient (Wildman–Crippen LogP) is 2.44. The van der Waals surface area contributed by atoms with Gasteiger partial charge >= 0.3 is 5.97 Å². The van der Waals surface area contributed by atoms with E-state index in [9.17, 15) is 9.59 Å². The van der Waals surface area contributed by atoms with E-state index in [0.717, 1.165) is 0 Å². The van der Waals surface area contributed by atoms with Crippen molar-refractivity contribution in [2.75, 3.05) is 20.3 Å². The Kier molecular flexibility index (Phi) is 7.18. The first kappa shape index (κ1) is 16.6. The molecule has 110 valence electrons. The van der Waals surface area contributed by atoms with Crippen LogP contribution < -0.4 is 10.1 Å². The molecule has 1 N–H and O–H groups in total. The summed E-state index contributed by atoms with van der Waals surface area (Å²) >= 11 is 11.6. The van der Waals surface area contributed by atoms with Crippen molar-refractivity contribution in [2.24, 2.45) is 0 Å². The Morgan fingerprint density at radius 1 is 1.30 bits per heavy atom. The number of rotatable bonds is 7. The lowest BCUT2D eigenvalue weighted by molar-refractivity contribution is -0.140. The molecule has 5 nitrogen and oxygen atoms in total. The third-order valence-corrected chi connectivity index (χ3v) is 2.89. The summed E-state index contributed by atoms with van der Waals surface area (Å²) in [4.78, 5) is 22.3. The van der Waals surface area contributed by atoms with Gasteiger partial charge in [-0.2, -0.15) is 0 Å². The van der Waals surface area contributed by atoms with Crippen LogP contribution in [0.15, 0.2) is 18.2 Å². The van der Waals surface area contributed by atoms with Crippen molar-refractivity contribution < 1.29 is 19.1 Å². The summed E-state index contributed by atoms with van der Waals surface area (Å²) in [5, 5.41) is 3.46. The van der Waals surface area contributed by atoms with Crippen molar-refractivity contribution in [3.63, 3.8) is 0 Å². The lowest BCUT2D eigenvalue weighted by Gasteiger charge is -2.08. The number of esters is 1. The molecule has 0 saturated heterocycles. The normalized spacial score (nSPS) is 9.95. The van der Waals surface area contributed by atoms with Gasteiger partial charge in [0.1, 0.15) is 5.75 Å². The van der Waals surface area contributed by atoms with Crippen LogP contribution in [0.4, 0.5) is 0 Å². The molecule has 0 heterocycles. The van der Waals surface area contributed by atoms with Gasteiger partial charge in [-0.1, -0.05) is 23.2 Å². The second kappa shape index (κ2) is 8.66. The van der Waals surface area contributed by atoms with E-state index in [-0.39, 0.29) is 24.9 Å². The van der Waals surface area contributed by atoms with Gasteiger partial charge in [0.2, 0.25) is 0 Å². The highest BCUT2D eigenvalue weighted by molar-refractivity contribution is 6.35. The third-order valence-electron chi connectivity index (χ3n) is 2.36. The SMILES string of the molecule is COC(=O)CCCNC(=O)COc1ccc(Cl)cc1Cl. The van der Waals surface area contributed by atoms with Crippen LogP contribution in [0.2, 0.25) is 10.0 Å². The highest BCUT2D eigenvalue weighted by Crippen LogP contribution is 2.27. The summed E-state index contributed by atoms with van der Waals surface area (Å²) in [5.41, 5.74) is 0. The van der Waals surface area contributed by atoms with Gasteiger partial charge in [-0.05, 0) is 24.6 Å². The van der Waals surface area contributed by atoms with E-state index in [4.69, 9.17) is 27.9 Å². The standard InChI is InChI=1S/C13H15Cl2NO4/c1-19-13(18)3-2-6-16-12(17)8-20-11-5-4-9(14)7-10(11)15/h4-5,7H,2-3,6,8H2,1H3,(H,16,17). The zero-order valence-corrected chi connectivity index (χ0v) is 12.5. The average Bonchev–Trinajstić information content (AvgIpc) is 2.42. The smallest absolute Gasteiger partial charge is 0.305 e. The first-order valence-electron chi connectivity index (χ1n) is 5.94. The molecule has 1 amide bonds. The molecular formula is C13H15Cl2NO4. The van der Waals surface area contributed by atoms with E-state index in [1.165, 1.54) is 13.2 Å². The van der Waals surface area contributed by atoms with Crippen molar-refractivity contribution in [3.05, 3.63) is 28.2 Å². The van der Waals surface area contributed by atoms with Crippen LogP contribution in [-0.2, 0) is 14.3 Å². The number of ether oxygens (including phenoxy) is 2. The number of methoxy groups -OCH3 is 1. The molecule has 0 atom stereocenters. The zero-order chi connectivity index (χ0) is 15.0. The number of nitrogens with one attached hydrogen (secondary N) is 1. The molecule has 0 bridgehead atoms. The Labute approximate surface area is 127 Å². The van der Waals surface area contributed by atoms with Crippen molar-refractivity contribution >= 4 is 35.1 Å². The van der Waals surface area contributed by atoms with E-state index in [1.807, 2.05) is 0 Å². The number of halogens is 2. The van der Waals surface area contributed by atoms with Crippen LogP contribution in [0.1, 0.15) is 12.8 Å². The Morgan fingerprint density at radius 2 is 2.05 bits per heavy atom. The van der Waals surface area contributed by atoms with Crippen LogP contribution in [0.25, 0.3) is 0 Å². The van der Waals surface area contributed by atoms with E-state index in [2.05, 4.69) is 10.1 Å². The van der Waals surface area contributed by atoms with Gasteiger partial charge < -0.3 is 14.8 Å². The summed E-state index contributed by atoms with van der Waals surface area (Å²) in [5.74, 6) is -0.204. The molecule has 0 aliphatic rings. The summed E-state index contributed by atoms with van der Waals surface area (Å²) < 4.78 is 9.74. The second-order valence-corrected chi connectivity index (χ2v) is 4.74. The summed E-state index contributed by atoms with van der Waals surface area (Å²) in [6.07, 6.45) is 0.779. The molecule has 0 aliphatic carbocycles. The maximum atomic E-state index is 11.5. The molecule has 0 aliphatic heterocycles. The fourth-order valence-electron chi connectivity index (χ4n) is 1.35. The Morgan fingerprint density at radius 3 is 2.70 bits per heavy atom. The highest BCUT2D eigenvalue weighted by Gasteiger charge is 2.06. The molecule has 0 aromatic heterocycles. The summed E-state index contributed by atoms with van der Waals surface area (Å²) in [6, 6.07) is 4.75. The molecule has 1 rings (SSSR count). The second-order valence-electron chi connectivity index (χ2n) is 3.89. The van der Waals surface area contributed by atoms with E-state index in [1.54, 1.807) is 12.1 Å². The number of carbonyl (C=O) groups is 2.